The number of aromatic nitrogens is 2. The second-order valence-corrected chi connectivity index (χ2v) is 5.44. The van der Waals surface area contributed by atoms with Crippen molar-refractivity contribution in [1.82, 2.24) is 9.97 Å². The van der Waals surface area contributed by atoms with Crippen molar-refractivity contribution in [3.63, 3.8) is 0 Å². The number of nitrogens with zero attached hydrogens (tertiary/aromatic N) is 2. The Balaban J connectivity index is 2.28. The summed E-state index contributed by atoms with van der Waals surface area (Å²) < 4.78 is 13.7. The molecule has 0 unspecified atom stereocenters. The van der Waals surface area contributed by atoms with Crippen LogP contribution in [0.15, 0.2) is 29.0 Å². The number of hydrogen-bond donors (Lipinski definition) is 2. The smallest absolute Gasteiger partial charge is 0.139 e. The van der Waals surface area contributed by atoms with Crippen LogP contribution in [0, 0.1) is 5.82 Å². The maximum atomic E-state index is 13.3. The standard InChI is InChI=1S/C15H18BrFN4/c1-3-7-18-14-11(4-2)15(20-9-19-14)21-10-5-6-13(17)12(16)8-10/h5-6,8-9H,3-4,7H2,1-2H3,(H2,18,19,20,21). The van der Waals surface area contributed by atoms with Crippen molar-refractivity contribution in [2.45, 2.75) is 26.7 Å². The molecule has 2 N–H and O–H groups in total. The van der Waals surface area contributed by atoms with Gasteiger partial charge < -0.3 is 10.6 Å². The third-order valence-electron chi connectivity index (χ3n) is 3.02. The molecule has 2 rings (SSSR count). The van der Waals surface area contributed by atoms with Gasteiger partial charge in [0.05, 0.1) is 4.47 Å². The fourth-order valence-corrected chi connectivity index (χ4v) is 2.34. The van der Waals surface area contributed by atoms with Crippen molar-refractivity contribution in [3.05, 3.63) is 40.4 Å². The Bertz CT molecular complexity index is 619. The van der Waals surface area contributed by atoms with Gasteiger partial charge in [0, 0.05) is 17.8 Å². The van der Waals surface area contributed by atoms with Gasteiger partial charge in [-0.1, -0.05) is 13.8 Å². The zero-order chi connectivity index (χ0) is 15.2. The van der Waals surface area contributed by atoms with E-state index >= 15 is 0 Å². The molecule has 6 heteroatoms. The van der Waals surface area contributed by atoms with Gasteiger partial charge in [0.1, 0.15) is 23.8 Å². The molecule has 0 fully saturated rings. The lowest BCUT2D eigenvalue weighted by atomic mass is 10.2. The topological polar surface area (TPSA) is 49.8 Å². The van der Waals surface area contributed by atoms with E-state index in [0.717, 1.165) is 42.3 Å². The molecule has 0 atom stereocenters. The van der Waals surface area contributed by atoms with Crippen LogP contribution in [-0.2, 0) is 6.42 Å². The summed E-state index contributed by atoms with van der Waals surface area (Å²) in [4.78, 5) is 8.58. The molecule has 0 bridgehead atoms. The first-order valence-corrected chi connectivity index (χ1v) is 7.74. The van der Waals surface area contributed by atoms with E-state index < -0.39 is 0 Å². The molecule has 0 radical (unpaired) electrons. The summed E-state index contributed by atoms with van der Waals surface area (Å²) in [7, 11) is 0. The van der Waals surface area contributed by atoms with Gasteiger partial charge in [-0.3, -0.25) is 0 Å². The first-order valence-electron chi connectivity index (χ1n) is 6.95. The summed E-state index contributed by atoms with van der Waals surface area (Å²) in [5.41, 5.74) is 1.80. The average Bonchev–Trinajstić information content (AvgIpc) is 2.49. The summed E-state index contributed by atoms with van der Waals surface area (Å²) >= 11 is 3.18. The highest BCUT2D eigenvalue weighted by atomic mass is 79.9. The minimum atomic E-state index is -0.288. The van der Waals surface area contributed by atoms with Crippen LogP contribution >= 0.6 is 15.9 Å². The molecule has 21 heavy (non-hydrogen) atoms. The van der Waals surface area contributed by atoms with Gasteiger partial charge in [-0.2, -0.15) is 0 Å². The van der Waals surface area contributed by atoms with E-state index in [1.807, 2.05) is 0 Å². The third-order valence-corrected chi connectivity index (χ3v) is 3.63. The van der Waals surface area contributed by atoms with E-state index in [2.05, 4.69) is 50.4 Å². The quantitative estimate of drug-likeness (QED) is 0.803. The Hall–Kier alpha value is -1.69. The molecular formula is C15H18BrFN4. The Morgan fingerprint density at radius 3 is 2.62 bits per heavy atom. The predicted molar refractivity (Wildman–Crippen MR) is 87.6 cm³/mol. The van der Waals surface area contributed by atoms with E-state index in [1.54, 1.807) is 12.1 Å². The highest BCUT2D eigenvalue weighted by Crippen LogP contribution is 2.26. The van der Waals surface area contributed by atoms with Crippen LogP contribution in [0.3, 0.4) is 0 Å². The lowest BCUT2D eigenvalue weighted by molar-refractivity contribution is 0.621. The summed E-state index contributed by atoms with van der Waals surface area (Å²) in [5, 5.41) is 6.52. The van der Waals surface area contributed by atoms with Crippen LogP contribution in [0.4, 0.5) is 21.7 Å². The van der Waals surface area contributed by atoms with Crippen molar-refractivity contribution in [2.75, 3.05) is 17.2 Å². The molecule has 0 aliphatic rings. The fraction of sp³-hybridized carbons (Fsp3) is 0.333. The molecule has 2 aromatic rings. The highest BCUT2D eigenvalue weighted by Gasteiger charge is 2.10. The molecule has 1 heterocycles. The number of rotatable bonds is 6. The van der Waals surface area contributed by atoms with Crippen molar-refractivity contribution >= 4 is 33.3 Å². The number of hydrogen-bond acceptors (Lipinski definition) is 4. The maximum Gasteiger partial charge on any atom is 0.139 e. The van der Waals surface area contributed by atoms with Crippen LogP contribution in [0.5, 0.6) is 0 Å². The van der Waals surface area contributed by atoms with Crippen LogP contribution < -0.4 is 10.6 Å². The van der Waals surface area contributed by atoms with E-state index in [-0.39, 0.29) is 5.82 Å². The monoisotopic (exact) mass is 352 g/mol. The lowest BCUT2D eigenvalue weighted by Crippen LogP contribution is -2.08. The van der Waals surface area contributed by atoms with Gasteiger partial charge in [-0.25, -0.2) is 14.4 Å². The van der Waals surface area contributed by atoms with Gasteiger partial charge in [0.25, 0.3) is 0 Å². The number of halogens is 2. The Morgan fingerprint density at radius 1 is 1.19 bits per heavy atom. The normalized spacial score (nSPS) is 10.5. The second kappa shape index (κ2) is 7.36. The van der Waals surface area contributed by atoms with Crippen LogP contribution in [0.2, 0.25) is 0 Å². The lowest BCUT2D eigenvalue weighted by Gasteiger charge is -2.14. The first kappa shape index (κ1) is 15.7. The Labute approximate surface area is 132 Å². The maximum absolute atomic E-state index is 13.3. The molecule has 4 nitrogen and oxygen atoms in total. The average molecular weight is 353 g/mol. The zero-order valence-electron chi connectivity index (χ0n) is 12.1. The molecular weight excluding hydrogens is 335 g/mol. The summed E-state index contributed by atoms with van der Waals surface area (Å²) in [5.74, 6) is 1.30. The molecule has 0 saturated carbocycles. The molecule has 112 valence electrons. The number of nitrogens with one attached hydrogen (secondary N) is 2. The SMILES string of the molecule is CCCNc1ncnc(Nc2ccc(F)c(Br)c2)c1CC. The Kier molecular flexibility index (Phi) is 5.50. The number of anilines is 3. The minimum absolute atomic E-state index is 0.288. The van der Waals surface area contributed by atoms with Crippen LogP contribution in [0.1, 0.15) is 25.8 Å². The van der Waals surface area contributed by atoms with Gasteiger partial charge in [-0.05, 0) is 47.0 Å². The summed E-state index contributed by atoms with van der Waals surface area (Å²) in [6.45, 7) is 5.03. The van der Waals surface area contributed by atoms with Crippen LogP contribution in [0.25, 0.3) is 0 Å². The van der Waals surface area contributed by atoms with Crippen LogP contribution in [-0.4, -0.2) is 16.5 Å². The molecule has 1 aromatic carbocycles. The fourth-order valence-electron chi connectivity index (χ4n) is 1.96. The largest absolute Gasteiger partial charge is 0.370 e. The van der Waals surface area contributed by atoms with E-state index in [0.29, 0.717) is 4.47 Å². The molecule has 0 aliphatic carbocycles. The van der Waals surface area contributed by atoms with Crippen molar-refractivity contribution in [1.29, 1.82) is 0 Å². The molecule has 1 aromatic heterocycles. The van der Waals surface area contributed by atoms with Crippen molar-refractivity contribution < 1.29 is 4.39 Å². The first-order chi connectivity index (χ1) is 10.2. The van der Waals surface area contributed by atoms with Gasteiger partial charge in [-0.15, -0.1) is 0 Å². The molecule has 0 amide bonds. The minimum Gasteiger partial charge on any atom is -0.370 e. The zero-order valence-corrected chi connectivity index (χ0v) is 13.7. The Morgan fingerprint density at radius 2 is 1.95 bits per heavy atom. The van der Waals surface area contributed by atoms with Gasteiger partial charge in [0.15, 0.2) is 0 Å². The summed E-state index contributed by atoms with van der Waals surface area (Å²) in [6.07, 6.45) is 3.36. The van der Waals surface area contributed by atoms with E-state index in [1.165, 1.54) is 12.4 Å². The molecule has 0 aliphatic heterocycles. The van der Waals surface area contributed by atoms with Gasteiger partial charge in [0.2, 0.25) is 0 Å². The van der Waals surface area contributed by atoms with Crippen molar-refractivity contribution in [3.8, 4) is 0 Å². The number of benzene rings is 1. The highest BCUT2D eigenvalue weighted by molar-refractivity contribution is 9.10. The molecule has 0 saturated heterocycles. The predicted octanol–water partition coefficient (Wildman–Crippen LogP) is 4.51. The summed E-state index contributed by atoms with van der Waals surface area (Å²) in [6, 6.07) is 4.78. The third kappa shape index (κ3) is 3.91. The second-order valence-electron chi connectivity index (χ2n) is 4.58. The van der Waals surface area contributed by atoms with Gasteiger partial charge >= 0.3 is 0 Å². The molecule has 0 spiro atoms. The van der Waals surface area contributed by atoms with E-state index in [4.69, 9.17) is 0 Å². The van der Waals surface area contributed by atoms with E-state index in [9.17, 15) is 4.39 Å². The van der Waals surface area contributed by atoms with Crippen molar-refractivity contribution in [2.24, 2.45) is 0 Å².